The molecule has 1 amide bonds. The molecule has 1 heterocycles. The first-order chi connectivity index (χ1) is 14.6. The second-order valence-corrected chi connectivity index (χ2v) is 6.83. The van der Waals surface area contributed by atoms with Crippen LogP contribution in [0.5, 0.6) is 0 Å². The van der Waals surface area contributed by atoms with Crippen molar-refractivity contribution in [2.45, 2.75) is 12.3 Å². The number of alkyl carbamates (subject to hydrolysis) is 1. The van der Waals surface area contributed by atoms with E-state index in [1.807, 2.05) is 24.3 Å². The molecule has 0 bridgehead atoms. The number of fused-ring (bicyclic) bond motifs is 3. The fraction of sp³-hybridized carbons (Fsp3) is 0.174. The zero-order valence-electron chi connectivity index (χ0n) is 16.3. The Kier molecular flexibility index (Phi) is 5.48. The van der Waals surface area contributed by atoms with Crippen molar-refractivity contribution in [1.82, 2.24) is 15.3 Å². The number of benzene rings is 2. The van der Waals surface area contributed by atoms with Crippen molar-refractivity contribution in [3.8, 4) is 23.0 Å². The van der Waals surface area contributed by atoms with Crippen molar-refractivity contribution in [2.24, 2.45) is 0 Å². The van der Waals surface area contributed by atoms with Crippen molar-refractivity contribution in [3.63, 3.8) is 0 Å². The molecule has 1 aliphatic rings. The lowest BCUT2D eigenvalue weighted by Crippen LogP contribution is -2.26. The highest BCUT2D eigenvalue weighted by Crippen LogP contribution is 2.44. The molecule has 0 fully saturated rings. The van der Waals surface area contributed by atoms with Gasteiger partial charge in [0.05, 0.1) is 6.20 Å². The monoisotopic (exact) mass is 399 g/mol. The molecule has 7 nitrogen and oxygen atoms in total. The summed E-state index contributed by atoms with van der Waals surface area (Å²) < 4.78 is 5.48. The van der Waals surface area contributed by atoms with Crippen molar-refractivity contribution in [1.29, 1.82) is 0 Å². The van der Waals surface area contributed by atoms with Crippen LogP contribution in [0.4, 0.5) is 16.4 Å². The number of nitrogens with zero attached hydrogens (tertiary/aromatic N) is 2. The lowest BCUT2D eigenvalue weighted by Gasteiger charge is -2.14. The summed E-state index contributed by atoms with van der Waals surface area (Å²) in [5.41, 5.74) is 16.3. The van der Waals surface area contributed by atoms with Gasteiger partial charge in [0.2, 0.25) is 0 Å². The molecule has 150 valence electrons. The van der Waals surface area contributed by atoms with Crippen LogP contribution in [-0.2, 0) is 4.74 Å². The van der Waals surface area contributed by atoms with E-state index in [1.54, 1.807) is 0 Å². The third kappa shape index (κ3) is 4.03. The first-order valence-electron chi connectivity index (χ1n) is 9.59. The number of ether oxygens (including phenoxy) is 1. The second-order valence-electron chi connectivity index (χ2n) is 6.83. The molecule has 3 aromatic rings. The van der Waals surface area contributed by atoms with Crippen LogP contribution in [0.2, 0.25) is 0 Å². The number of hydrogen-bond donors (Lipinski definition) is 3. The fourth-order valence-corrected chi connectivity index (χ4v) is 3.50. The standard InChI is InChI=1S/C23H21N5O2/c24-21-22(25)28-15(13-27-21)7-5-6-12-26-23(29)30-14-20-18-10-3-1-8-16(18)17-9-2-4-11-19(17)20/h1-4,8-11,13,20H,6,12,14H2,(H2,24,27)(H2,25,28)(H,26,29). The Morgan fingerprint density at radius 2 is 1.70 bits per heavy atom. The maximum atomic E-state index is 12.1. The van der Waals surface area contributed by atoms with Gasteiger partial charge in [-0.25, -0.2) is 14.8 Å². The molecule has 1 aliphatic carbocycles. The Morgan fingerprint density at radius 1 is 1.03 bits per heavy atom. The van der Waals surface area contributed by atoms with Gasteiger partial charge in [0.25, 0.3) is 0 Å². The fourth-order valence-electron chi connectivity index (χ4n) is 3.50. The van der Waals surface area contributed by atoms with Gasteiger partial charge in [0.15, 0.2) is 11.6 Å². The number of carbonyl (C=O) groups excluding carboxylic acids is 1. The van der Waals surface area contributed by atoms with E-state index < -0.39 is 6.09 Å². The zero-order chi connectivity index (χ0) is 20.9. The van der Waals surface area contributed by atoms with Crippen LogP contribution >= 0.6 is 0 Å². The van der Waals surface area contributed by atoms with E-state index in [0.29, 0.717) is 18.7 Å². The molecule has 0 spiro atoms. The molecule has 0 saturated carbocycles. The summed E-state index contributed by atoms with van der Waals surface area (Å²) in [4.78, 5) is 20.0. The van der Waals surface area contributed by atoms with Gasteiger partial charge in [-0.05, 0) is 28.2 Å². The van der Waals surface area contributed by atoms with Gasteiger partial charge in [-0.15, -0.1) is 0 Å². The minimum atomic E-state index is -0.463. The largest absolute Gasteiger partial charge is 0.449 e. The third-order valence-electron chi connectivity index (χ3n) is 4.91. The van der Waals surface area contributed by atoms with Crippen LogP contribution in [0.3, 0.4) is 0 Å². The predicted octanol–water partition coefficient (Wildman–Crippen LogP) is 2.92. The summed E-state index contributed by atoms with van der Waals surface area (Å²) in [5, 5.41) is 2.72. The number of carbonyl (C=O) groups is 1. The first-order valence-corrected chi connectivity index (χ1v) is 9.59. The lowest BCUT2D eigenvalue weighted by atomic mass is 9.98. The Balaban J connectivity index is 1.29. The maximum absolute atomic E-state index is 12.1. The van der Waals surface area contributed by atoms with E-state index in [1.165, 1.54) is 28.5 Å². The molecule has 1 aromatic heterocycles. The first kappa shape index (κ1) is 19.3. The van der Waals surface area contributed by atoms with E-state index in [2.05, 4.69) is 51.4 Å². The highest BCUT2D eigenvalue weighted by Gasteiger charge is 2.28. The van der Waals surface area contributed by atoms with Crippen LogP contribution in [0.15, 0.2) is 54.7 Å². The molecule has 5 N–H and O–H groups in total. The lowest BCUT2D eigenvalue weighted by molar-refractivity contribution is 0.143. The molecule has 0 saturated heterocycles. The number of rotatable bonds is 4. The SMILES string of the molecule is Nc1ncc(C#CCCNC(=O)OCC2c3ccccc3-c3ccccc32)nc1N. The number of aromatic nitrogens is 2. The molecule has 0 unspecified atom stereocenters. The highest BCUT2D eigenvalue weighted by atomic mass is 16.5. The average molecular weight is 399 g/mol. The number of nitrogens with two attached hydrogens (primary N) is 2. The summed E-state index contributed by atoms with van der Waals surface area (Å²) in [5.74, 6) is 6.11. The van der Waals surface area contributed by atoms with Crippen molar-refractivity contribution in [2.75, 3.05) is 24.6 Å². The van der Waals surface area contributed by atoms with E-state index in [-0.39, 0.29) is 24.2 Å². The van der Waals surface area contributed by atoms with E-state index >= 15 is 0 Å². The van der Waals surface area contributed by atoms with Crippen LogP contribution < -0.4 is 16.8 Å². The number of anilines is 2. The van der Waals surface area contributed by atoms with Crippen LogP contribution in [0.25, 0.3) is 11.1 Å². The maximum Gasteiger partial charge on any atom is 0.407 e. The zero-order valence-corrected chi connectivity index (χ0v) is 16.3. The number of amides is 1. The van der Waals surface area contributed by atoms with Crippen molar-refractivity contribution < 1.29 is 9.53 Å². The van der Waals surface area contributed by atoms with Gasteiger partial charge in [-0.2, -0.15) is 0 Å². The minimum absolute atomic E-state index is 0.0393. The highest BCUT2D eigenvalue weighted by molar-refractivity contribution is 5.79. The predicted molar refractivity (Wildman–Crippen MR) is 115 cm³/mol. The molecule has 4 rings (SSSR count). The van der Waals surface area contributed by atoms with Crippen LogP contribution in [-0.4, -0.2) is 29.2 Å². The van der Waals surface area contributed by atoms with Crippen molar-refractivity contribution >= 4 is 17.7 Å². The normalized spacial score (nSPS) is 11.7. The second kappa shape index (κ2) is 8.53. The summed E-state index contributed by atoms with van der Waals surface area (Å²) in [7, 11) is 0. The molecular weight excluding hydrogens is 378 g/mol. The van der Waals surface area contributed by atoms with Gasteiger partial charge >= 0.3 is 6.09 Å². The molecule has 2 aromatic carbocycles. The molecule has 30 heavy (non-hydrogen) atoms. The average Bonchev–Trinajstić information content (AvgIpc) is 3.08. The molecular formula is C23H21N5O2. The molecule has 7 heteroatoms. The quantitative estimate of drug-likeness (QED) is 0.459. The molecule has 0 aliphatic heterocycles. The molecule has 0 atom stereocenters. The summed E-state index contributed by atoms with van der Waals surface area (Å²) in [6.45, 7) is 0.646. The number of nitrogens with one attached hydrogen (secondary N) is 1. The van der Waals surface area contributed by atoms with E-state index in [9.17, 15) is 4.79 Å². The Labute approximate surface area is 174 Å². The van der Waals surface area contributed by atoms with Crippen molar-refractivity contribution in [3.05, 3.63) is 71.5 Å². The van der Waals surface area contributed by atoms with Gasteiger partial charge < -0.3 is 21.5 Å². The molecule has 0 radical (unpaired) electrons. The van der Waals surface area contributed by atoms with Crippen LogP contribution in [0.1, 0.15) is 29.2 Å². The minimum Gasteiger partial charge on any atom is -0.449 e. The third-order valence-corrected chi connectivity index (χ3v) is 4.91. The summed E-state index contributed by atoms with van der Waals surface area (Å²) in [6.07, 6.45) is 1.43. The van der Waals surface area contributed by atoms with Gasteiger partial charge in [-0.1, -0.05) is 54.5 Å². The Hall–Kier alpha value is -4.05. The van der Waals surface area contributed by atoms with Crippen LogP contribution in [0, 0.1) is 11.8 Å². The summed E-state index contributed by atoms with van der Waals surface area (Å²) >= 11 is 0. The van der Waals surface area contributed by atoms with Gasteiger partial charge in [-0.3, -0.25) is 0 Å². The van der Waals surface area contributed by atoms with E-state index in [0.717, 1.165) is 0 Å². The smallest absolute Gasteiger partial charge is 0.407 e. The Morgan fingerprint density at radius 3 is 2.37 bits per heavy atom. The van der Waals surface area contributed by atoms with E-state index in [4.69, 9.17) is 16.2 Å². The Bertz CT molecular complexity index is 1100. The topological polar surface area (TPSA) is 116 Å². The van der Waals surface area contributed by atoms with Gasteiger partial charge in [0.1, 0.15) is 12.3 Å². The number of hydrogen-bond acceptors (Lipinski definition) is 6. The van der Waals surface area contributed by atoms with Gasteiger partial charge in [0, 0.05) is 18.9 Å². The summed E-state index contributed by atoms with van der Waals surface area (Å²) in [6, 6.07) is 16.4. The number of nitrogen functional groups attached to an aromatic ring is 2.